The van der Waals surface area contributed by atoms with E-state index >= 15 is 0 Å². The van der Waals surface area contributed by atoms with Crippen LogP contribution in [0.25, 0.3) is 0 Å². The highest BCUT2D eigenvalue weighted by atomic mass is 32.2. The van der Waals surface area contributed by atoms with Crippen LogP contribution in [0.5, 0.6) is 0 Å². The highest BCUT2D eigenvalue weighted by molar-refractivity contribution is 7.82. The summed E-state index contributed by atoms with van der Waals surface area (Å²) in [5, 5.41) is 1.67. The second kappa shape index (κ2) is 2.41. The molecule has 1 aromatic rings. The molecule has 47 valence electrons. The van der Waals surface area contributed by atoms with Gasteiger partial charge in [0.15, 0.2) is 10.1 Å². The molecule has 0 atom stereocenters. The standard InChI is InChI=1S/C5H4NOS2/c1-3(7)4-2-9-5(8)6-4/h2H,1H3. The summed E-state index contributed by atoms with van der Waals surface area (Å²) in [5.41, 5.74) is 0.477. The molecule has 0 bridgehead atoms. The average Bonchev–Trinajstić information content (AvgIpc) is 2.14. The third kappa shape index (κ3) is 1.46. The first-order chi connectivity index (χ1) is 4.20. The Bertz CT molecular complexity index is 231. The molecule has 0 saturated carbocycles. The predicted octanol–water partition coefficient (Wildman–Crippen LogP) is 1.90. The summed E-state index contributed by atoms with van der Waals surface area (Å²) in [6.45, 7) is 1.48. The number of thiazole rings is 1. The van der Waals surface area contributed by atoms with Crippen LogP contribution in [0.15, 0.2) is 9.72 Å². The lowest BCUT2D eigenvalue weighted by Gasteiger charge is -1.79. The summed E-state index contributed by atoms with van der Waals surface area (Å²) in [6.07, 6.45) is 0. The third-order valence-corrected chi connectivity index (χ3v) is 1.86. The van der Waals surface area contributed by atoms with E-state index in [-0.39, 0.29) is 5.78 Å². The van der Waals surface area contributed by atoms with Gasteiger partial charge in [-0.2, -0.15) is 0 Å². The lowest BCUT2D eigenvalue weighted by atomic mass is 10.4. The molecule has 1 rings (SSSR count). The number of rotatable bonds is 1. The molecule has 0 spiro atoms. The van der Waals surface area contributed by atoms with Crippen molar-refractivity contribution in [1.29, 1.82) is 0 Å². The highest BCUT2D eigenvalue weighted by Gasteiger charge is 2.02. The van der Waals surface area contributed by atoms with Gasteiger partial charge in [-0.15, -0.1) is 11.3 Å². The topological polar surface area (TPSA) is 30.0 Å². The highest BCUT2D eigenvalue weighted by Crippen LogP contribution is 2.12. The van der Waals surface area contributed by atoms with Gasteiger partial charge in [0.1, 0.15) is 5.69 Å². The van der Waals surface area contributed by atoms with Crippen molar-refractivity contribution in [2.45, 2.75) is 11.3 Å². The molecule has 0 N–H and O–H groups in total. The molecule has 1 radical (unpaired) electrons. The number of ketones is 1. The number of Topliss-reactive ketones (excluding diaryl/α,β-unsaturated/α-hetero) is 1. The first-order valence-corrected chi connectivity index (χ1v) is 3.62. The van der Waals surface area contributed by atoms with Crippen molar-refractivity contribution < 1.29 is 4.79 Å². The van der Waals surface area contributed by atoms with Crippen molar-refractivity contribution >= 4 is 29.7 Å². The van der Waals surface area contributed by atoms with Crippen LogP contribution in [0.1, 0.15) is 17.4 Å². The zero-order valence-electron chi connectivity index (χ0n) is 4.75. The lowest BCUT2D eigenvalue weighted by molar-refractivity contribution is 0.101. The maximum absolute atomic E-state index is 10.6. The molecule has 0 unspecified atom stereocenters. The van der Waals surface area contributed by atoms with E-state index in [1.54, 1.807) is 5.38 Å². The van der Waals surface area contributed by atoms with Crippen molar-refractivity contribution in [3.05, 3.63) is 11.1 Å². The van der Waals surface area contributed by atoms with E-state index < -0.39 is 0 Å². The van der Waals surface area contributed by atoms with Gasteiger partial charge in [-0.05, 0) is 12.6 Å². The number of carbonyl (C=O) groups is 1. The maximum Gasteiger partial charge on any atom is 0.181 e. The Labute approximate surface area is 62.3 Å². The smallest absolute Gasteiger partial charge is 0.181 e. The third-order valence-electron chi connectivity index (χ3n) is 0.844. The van der Waals surface area contributed by atoms with Gasteiger partial charge in [-0.3, -0.25) is 4.79 Å². The van der Waals surface area contributed by atoms with Crippen molar-refractivity contribution in [2.75, 3.05) is 0 Å². The van der Waals surface area contributed by atoms with Crippen molar-refractivity contribution in [1.82, 2.24) is 4.98 Å². The lowest BCUT2D eigenvalue weighted by Crippen LogP contribution is -1.89. The van der Waals surface area contributed by atoms with Crippen LogP contribution in [-0.2, 0) is 0 Å². The number of nitrogens with zero attached hydrogens (tertiary/aromatic N) is 1. The molecule has 2 nitrogen and oxygen atoms in total. The first kappa shape index (κ1) is 6.64. The molecule has 0 aliphatic carbocycles. The molecular formula is C5H4NOS2. The summed E-state index contributed by atoms with van der Waals surface area (Å²) in [5.74, 6) is -0.0256. The molecule has 1 heterocycles. The van der Waals surface area contributed by atoms with Crippen molar-refractivity contribution in [2.24, 2.45) is 0 Å². The molecular weight excluding hydrogens is 154 g/mol. The van der Waals surface area contributed by atoms with Crippen molar-refractivity contribution in [3.8, 4) is 0 Å². The molecule has 1 aromatic heterocycles. The first-order valence-electron chi connectivity index (χ1n) is 2.33. The van der Waals surface area contributed by atoms with E-state index in [4.69, 9.17) is 12.6 Å². The Hall–Kier alpha value is -0.480. The van der Waals surface area contributed by atoms with Crippen LogP contribution in [-0.4, -0.2) is 10.8 Å². The van der Waals surface area contributed by atoms with Crippen LogP contribution in [0.3, 0.4) is 0 Å². The number of aromatic nitrogens is 1. The number of hydrogen-bond acceptors (Lipinski definition) is 3. The fourth-order valence-electron chi connectivity index (χ4n) is 0.419. The van der Waals surface area contributed by atoms with E-state index in [2.05, 4.69) is 4.98 Å². The van der Waals surface area contributed by atoms with Crippen LogP contribution in [0, 0.1) is 0 Å². The molecule has 4 heteroatoms. The molecule has 9 heavy (non-hydrogen) atoms. The van der Waals surface area contributed by atoms with E-state index in [1.807, 2.05) is 0 Å². The molecule has 0 amide bonds. The summed E-state index contributed by atoms with van der Waals surface area (Å²) >= 11 is 6.02. The van der Waals surface area contributed by atoms with Gasteiger partial charge in [0, 0.05) is 12.3 Å². The summed E-state index contributed by atoms with van der Waals surface area (Å²) < 4.78 is 0.528. The SMILES string of the molecule is CC(=O)c1csc([S])n1. The average molecular weight is 158 g/mol. The van der Waals surface area contributed by atoms with Crippen LogP contribution in [0.2, 0.25) is 0 Å². The summed E-state index contributed by atoms with van der Waals surface area (Å²) in [4.78, 5) is 14.4. The van der Waals surface area contributed by atoms with Crippen molar-refractivity contribution in [3.63, 3.8) is 0 Å². The largest absolute Gasteiger partial charge is 0.293 e. The van der Waals surface area contributed by atoms with E-state index in [0.717, 1.165) is 0 Å². The van der Waals surface area contributed by atoms with Gasteiger partial charge in [0.05, 0.1) is 0 Å². The van der Waals surface area contributed by atoms with Crippen LogP contribution >= 0.6 is 24.0 Å². The van der Waals surface area contributed by atoms with Gasteiger partial charge >= 0.3 is 0 Å². The quantitative estimate of drug-likeness (QED) is 0.584. The van der Waals surface area contributed by atoms with Gasteiger partial charge in [0.2, 0.25) is 0 Å². The molecule has 0 fully saturated rings. The Morgan fingerprint density at radius 1 is 1.89 bits per heavy atom. The fourth-order valence-corrected chi connectivity index (χ4v) is 1.24. The van der Waals surface area contributed by atoms with Crippen LogP contribution < -0.4 is 0 Å². The summed E-state index contributed by atoms with van der Waals surface area (Å²) in [7, 11) is 0. The molecule has 0 aliphatic heterocycles. The molecule has 0 saturated heterocycles. The fraction of sp³-hybridized carbons (Fsp3) is 0.200. The van der Waals surface area contributed by atoms with Gasteiger partial charge in [0.25, 0.3) is 0 Å². The second-order valence-corrected chi connectivity index (χ2v) is 3.06. The molecule has 0 aliphatic rings. The normalized spacial score (nSPS) is 9.44. The van der Waals surface area contributed by atoms with E-state index in [9.17, 15) is 4.79 Å². The zero-order valence-corrected chi connectivity index (χ0v) is 6.38. The Kier molecular flexibility index (Phi) is 1.78. The Morgan fingerprint density at radius 2 is 2.56 bits per heavy atom. The number of carbonyl (C=O) groups excluding carboxylic acids is 1. The van der Waals surface area contributed by atoms with Crippen LogP contribution in [0.4, 0.5) is 0 Å². The van der Waals surface area contributed by atoms with Gasteiger partial charge in [-0.25, -0.2) is 4.98 Å². The monoisotopic (exact) mass is 158 g/mol. The summed E-state index contributed by atoms with van der Waals surface area (Å²) in [6, 6.07) is 0. The number of hydrogen-bond donors (Lipinski definition) is 0. The Morgan fingerprint density at radius 3 is 2.78 bits per heavy atom. The maximum atomic E-state index is 10.6. The van der Waals surface area contributed by atoms with Gasteiger partial charge in [-0.1, -0.05) is 0 Å². The second-order valence-electron chi connectivity index (χ2n) is 1.55. The minimum atomic E-state index is -0.0256. The zero-order chi connectivity index (χ0) is 6.85. The Balaban J connectivity index is 2.98. The predicted molar refractivity (Wildman–Crippen MR) is 38.0 cm³/mol. The van der Waals surface area contributed by atoms with E-state index in [0.29, 0.717) is 10.0 Å². The van der Waals surface area contributed by atoms with Gasteiger partial charge < -0.3 is 0 Å². The van der Waals surface area contributed by atoms with E-state index in [1.165, 1.54) is 18.3 Å². The minimum Gasteiger partial charge on any atom is -0.293 e. The molecule has 0 aromatic carbocycles. The minimum absolute atomic E-state index is 0.0256.